The van der Waals surface area contributed by atoms with Crippen molar-refractivity contribution in [3.8, 4) is 11.1 Å². The van der Waals surface area contributed by atoms with Crippen LogP contribution < -0.4 is 15.1 Å². The van der Waals surface area contributed by atoms with Gasteiger partial charge in [-0.05, 0) is 103 Å². The predicted molar refractivity (Wildman–Crippen MR) is 232 cm³/mol. The molecule has 3 aromatic carbocycles. The lowest BCUT2D eigenvalue weighted by Crippen LogP contribution is -2.27. The molecule has 290 valence electrons. The van der Waals surface area contributed by atoms with Crippen LogP contribution in [0.5, 0.6) is 0 Å². The van der Waals surface area contributed by atoms with E-state index in [-0.39, 0.29) is 22.2 Å². The number of carbonyl (C=O) groups is 1. The van der Waals surface area contributed by atoms with Gasteiger partial charge in [-0.25, -0.2) is 0 Å². The summed E-state index contributed by atoms with van der Waals surface area (Å²) in [6.45, 7) is 26.9. The molecular weight excluding hydrogens is 663 g/mol. The Kier molecular flexibility index (Phi) is 13.2. The zero-order valence-corrected chi connectivity index (χ0v) is 35.1. The van der Waals surface area contributed by atoms with Crippen molar-refractivity contribution in [1.82, 2.24) is 0 Å². The third kappa shape index (κ3) is 8.51. The maximum atomic E-state index is 11.2. The zero-order chi connectivity index (χ0) is 39.1. The molecule has 5 nitrogen and oxygen atoms in total. The van der Waals surface area contributed by atoms with E-state index in [1.165, 1.54) is 63.1 Å². The summed E-state index contributed by atoms with van der Waals surface area (Å²) in [4.78, 5) is 16.3. The normalized spacial score (nSPS) is 16.3. The molecule has 2 aliphatic rings. The van der Waals surface area contributed by atoms with Gasteiger partial charge in [0.05, 0.1) is 12.3 Å². The molecule has 1 aliphatic carbocycles. The lowest BCUT2D eigenvalue weighted by molar-refractivity contribution is -0.141. The van der Waals surface area contributed by atoms with Gasteiger partial charge >= 0.3 is 5.97 Å². The van der Waals surface area contributed by atoms with Gasteiger partial charge in [-0.2, -0.15) is 0 Å². The topological polar surface area (TPSA) is 44.8 Å². The molecule has 0 unspecified atom stereocenters. The number of hydrogen-bond acceptors (Lipinski definition) is 5. The number of allylic oxidation sites excluding steroid dienone is 6. The molecule has 0 bridgehead atoms. The smallest absolute Gasteiger partial charge is 0.302 e. The Morgan fingerprint density at radius 2 is 1.57 bits per heavy atom. The van der Waals surface area contributed by atoms with Crippen LogP contribution in [0.4, 0.5) is 17.1 Å². The van der Waals surface area contributed by atoms with E-state index in [0.717, 1.165) is 64.7 Å². The third-order valence-corrected chi connectivity index (χ3v) is 11.8. The summed E-state index contributed by atoms with van der Waals surface area (Å²) in [5.74, 6) is -0.195. The summed E-state index contributed by atoms with van der Waals surface area (Å²) >= 11 is 0. The second-order valence-corrected chi connectivity index (χ2v) is 16.9. The van der Waals surface area contributed by atoms with Gasteiger partial charge in [0.15, 0.2) is 0 Å². The fourth-order valence-electron chi connectivity index (χ4n) is 8.68. The highest BCUT2D eigenvalue weighted by Gasteiger charge is 2.46. The number of unbranched alkanes of at least 4 members (excludes halogenated alkanes) is 3. The molecule has 5 rings (SSSR count). The first-order valence-corrected chi connectivity index (χ1v) is 20.7. The number of fused-ring (bicyclic) bond motifs is 5. The second kappa shape index (κ2) is 17.5. The van der Waals surface area contributed by atoms with E-state index in [2.05, 4.69) is 162 Å². The van der Waals surface area contributed by atoms with Gasteiger partial charge in [0, 0.05) is 66.6 Å². The maximum Gasteiger partial charge on any atom is 0.302 e. The quantitative estimate of drug-likeness (QED) is 0.0802. The van der Waals surface area contributed by atoms with Crippen LogP contribution in [0.25, 0.3) is 11.1 Å². The molecule has 5 heteroatoms. The van der Waals surface area contributed by atoms with Crippen LogP contribution in [0.3, 0.4) is 0 Å². The van der Waals surface area contributed by atoms with Gasteiger partial charge in [-0.15, -0.1) is 0 Å². The Bertz CT molecular complexity index is 1860. The number of nitrogens with one attached hydrogen (secondary N) is 1. The van der Waals surface area contributed by atoms with Gasteiger partial charge in [0.2, 0.25) is 0 Å². The van der Waals surface area contributed by atoms with E-state index in [0.29, 0.717) is 6.61 Å². The molecule has 0 atom stereocenters. The molecule has 0 radical (unpaired) electrons. The highest BCUT2D eigenvalue weighted by molar-refractivity contribution is 5.95. The van der Waals surface area contributed by atoms with Crippen molar-refractivity contribution in [2.24, 2.45) is 0 Å². The molecule has 1 N–H and O–H groups in total. The van der Waals surface area contributed by atoms with Gasteiger partial charge in [-0.3, -0.25) is 4.79 Å². The van der Waals surface area contributed by atoms with Crippen molar-refractivity contribution in [3.63, 3.8) is 0 Å². The number of ether oxygens (including phenoxy) is 1. The molecule has 0 saturated heterocycles. The van der Waals surface area contributed by atoms with E-state index < -0.39 is 0 Å². The lowest BCUT2D eigenvalue weighted by atomic mass is 9.79. The first-order chi connectivity index (χ1) is 25.8. The first-order valence-electron chi connectivity index (χ1n) is 20.7. The average Bonchev–Trinajstić information content (AvgIpc) is 3.51. The monoisotopic (exact) mass is 730 g/mol. The number of rotatable bonds is 18. The van der Waals surface area contributed by atoms with Gasteiger partial charge in [-0.1, -0.05) is 116 Å². The standard InChI is InChI=1S/C49H67N3O2/c1-11-32-50-43-30-27-37(51(12-2)13-3)35-42(43)47(5,6)31-21-15-14-18-26-44-49(9,10)41-29-28-40-45(38-24-19-20-25-39(38)48(40,7)8)46(41)52(44)33-22-16-17-23-34-54-36(4)53/h14-15,18-21,24-30,35,50H,11-13,16-17,22-23,31-34H2,1-10H3/b18-14+,21-15+,44-26+. The minimum absolute atomic E-state index is 0.0312. The summed E-state index contributed by atoms with van der Waals surface area (Å²) in [6, 6.07) is 20.8. The minimum Gasteiger partial charge on any atom is -0.466 e. The van der Waals surface area contributed by atoms with Crippen molar-refractivity contribution < 1.29 is 9.53 Å². The highest BCUT2D eigenvalue weighted by atomic mass is 16.5. The largest absolute Gasteiger partial charge is 0.466 e. The van der Waals surface area contributed by atoms with Crippen LogP contribution in [-0.4, -0.2) is 38.8 Å². The van der Waals surface area contributed by atoms with Crippen LogP contribution in [0.1, 0.15) is 130 Å². The third-order valence-electron chi connectivity index (χ3n) is 11.8. The number of esters is 1. The van der Waals surface area contributed by atoms with Crippen molar-refractivity contribution in [2.75, 3.05) is 47.9 Å². The number of hydrogen-bond donors (Lipinski definition) is 1. The lowest BCUT2D eigenvalue weighted by Gasteiger charge is -2.30. The summed E-state index contributed by atoms with van der Waals surface area (Å²) < 4.78 is 5.19. The van der Waals surface area contributed by atoms with Crippen LogP contribution in [-0.2, 0) is 25.8 Å². The van der Waals surface area contributed by atoms with Crippen LogP contribution in [0.15, 0.2) is 90.7 Å². The van der Waals surface area contributed by atoms with E-state index in [1.807, 2.05) is 0 Å². The van der Waals surface area contributed by atoms with Crippen molar-refractivity contribution in [2.45, 2.75) is 124 Å². The summed E-state index contributed by atoms with van der Waals surface area (Å²) in [6.07, 6.45) is 17.5. The fraction of sp³-hybridized carbons (Fsp3) is 0.490. The Morgan fingerprint density at radius 1 is 0.852 bits per heavy atom. The zero-order valence-electron chi connectivity index (χ0n) is 35.1. The van der Waals surface area contributed by atoms with E-state index in [4.69, 9.17) is 4.74 Å². The first kappa shape index (κ1) is 40.9. The van der Waals surface area contributed by atoms with Crippen molar-refractivity contribution >= 4 is 23.0 Å². The molecule has 1 aliphatic heterocycles. The Balaban J connectivity index is 1.41. The molecular formula is C49H67N3O2. The predicted octanol–water partition coefficient (Wildman–Crippen LogP) is 12.2. The average molecular weight is 730 g/mol. The van der Waals surface area contributed by atoms with Crippen molar-refractivity contribution in [3.05, 3.63) is 113 Å². The van der Waals surface area contributed by atoms with Crippen molar-refractivity contribution in [1.29, 1.82) is 0 Å². The van der Waals surface area contributed by atoms with Crippen LogP contribution in [0.2, 0.25) is 0 Å². The summed E-state index contributed by atoms with van der Waals surface area (Å²) in [5.41, 5.74) is 13.4. The Labute approximate surface area is 327 Å². The number of nitrogens with zero attached hydrogens (tertiary/aromatic N) is 2. The highest BCUT2D eigenvalue weighted by Crippen LogP contribution is 2.59. The van der Waals surface area contributed by atoms with Gasteiger partial charge in [0.1, 0.15) is 0 Å². The second-order valence-electron chi connectivity index (χ2n) is 16.9. The Morgan fingerprint density at radius 3 is 2.30 bits per heavy atom. The molecule has 0 saturated carbocycles. The summed E-state index contributed by atoms with van der Waals surface area (Å²) in [5, 5.41) is 3.70. The fourth-order valence-corrected chi connectivity index (χ4v) is 8.68. The minimum atomic E-state index is -0.195. The van der Waals surface area contributed by atoms with Gasteiger partial charge in [0.25, 0.3) is 0 Å². The van der Waals surface area contributed by atoms with Gasteiger partial charge < -0.3 is 19.9 Å². The number of anilines is 3. The summed E-state index contributed by atoms with van der Waals surface area (Å²) in [7, 11) is 0. The van der Waals surface area contributed by atoms with E-state index in [1.54, 1.807) is 0 Å². The van der Waals surface area contributed by atoms with E-state index >= 15 is 0 Å². The molecule has 1 heterocycles. The SMILES string of the molecule is CCCNc1ccc(N(CC)CC)cc1C(C)(C)C/C=C/C=C/C=C1/N(CCCCCCOC(C)=O)c2c(ccc3c2-c2ccccc2C3(C)C)C1(C)C. The Hall–Kier alpha value is -4.25. The number of carbonyl (C=O) groups excluding carboxylic acids is 1. The van der Waals surface area contributed by atoms with Crippen LogP contribution >= 0.6 is 0 Å². The van der Waals surface area contributed by atoms with Crippen LogP contribution in [0, 0.1) is 0 Å². The molecule has 0 fully saturated rings. The molecule has 0 amide bonds. The number of benzene rings is 3. The van der Waals surface area contributed by atoms with E-state index in [9.17, 15) is 4.79 Å². The molecule has 3 aromatic rings. The molecule has 0 spiro atoms. The maximum absolute atomic E-state index is 11.2. The molecule has 0 aromatic heterocycles. The molecule has 54 heavy (non-hydrogen) atoms.